The Morgan fingerprint density at radius 1 is 0.846 bits per heavy atom. The lowest BCUT2D eigenvalue weighted by molar-refractivity contribution is 0.262. The SMILES string of the molecule is Nc1ccc(Sc2ccccc2NC(=O)Nc2cccc(Cl)c2Cl)cc1. The first-order chi connectivity index (χ1) is 12.5. The highest BCUT2D eigenvalue weighted by atomic mass is 35.5. The summed E-state index contributed by atoms with van der Waals surface area (Å²) >= 11 is 13.6. The van der Waals surface area contributed by atoms with Crippen LogP contribution in [0.2, 0.25) is 10.0 Å². The molecular weight excluding hydrogens is 389 g/mol. The molecule has 3 aromatic carbocycles. The molecule has 0 bridgehead atoms. The topological polar surface area (TPSA) is 67.1 Å². The maximum atomic E-state index is 12.3. The Bertz CT molecular complexity index is 932. The van der Waals surface area contributed by atoms with Crippen molar-refractivity contribution in [1.29, 1.82) is 0 Å². The molecule has 4 nitrogen and oxygen atoms in total. The van der Waals surface area contributed by atoms with E-state index >= 15 is 0 Å². The van der Waals surface area contributed by atoms with Gasteiger partial charge in [-0.15, -0.1) is 0 Å². The predicted octanol–water partition coefficient (Wildman–Crippen LogP) is 6.37. The number of benzene rings is 3. The van der Waals surface area contributed by atoms with Gasteiger partial charge in [-0.25, -0.2) is 4.79 Å². The Morgan fingerprint density at radius 3 is 2.27 bits per heavy atom. The van der Waals surface area contributed by atoms with E-state index in [0.717, 1.165) is 9.79 Å². The molecule has 0 aliphatic carbocycles. The third-order valence-corrected chi connectivity index (χ3v) is 5.35. The lowest BCUT2D eigenvalue weighted by Gasteiger charge is -2.13. The van der Waals surface area contributed by atoms with Gasteiger partial charge < -0.3 is 16.4 Å². The number of nitrogen functional groups attached to an aromatic ring is 1. The first kappa shape index (κ1) is 18.5. The highest BCUT2D eigenvalue weighted by Gasteiger charge is 2.11. The highest BCUT2D eigenvalue weighted by Crippen LogP contribution is 2.34. The Labute approximate surface area is 165 Å². The number of hydrogen-bond donors (Lipinski definition) is 3. The Hall–Kier alpha value is -2.34. The van der Waals surface area contributed by atoms with Crippen molar-refractivity contribution in [3.8, 4) is 0 Å². The second kappa shape index (κ2) is 8.36. The van der Waals surface area contributed by atoms with E-state index in [9.17, 15) is 4.79 Å². The number of urea groups is 1. The van der Waals surface area contributed by atoms with Crippen LogP contribution in [0.15, 0.2) is 76.5 Å². The second-order valence-corrected chi connectivity index (χ2v) is 7.25. The van der Waals surface area contributed by atoms with Gasteiger partial charge in [0.1, 0.15) is 0 Å². The van der Waals surface area contributed by atoms with Crippen LogP contribution >= 0.6 is 35.0 Å². The summed E-state index contributed by atoms with van der Waals surface area (Å²) in [5, 5.41) is 6.22. The van der Waals surface area contributed by atoms with E-state index < -0.39 is 6.03 Å². The molecule has 2 amide bonds. The number of para-hydroxylation sites is 1. The summed E-state index contributed by atoms with van der Waals surface area (Å²) < 4.78 is 0. The summed E-state index contributed by atoms with van der Waals surface area (Å²) in [6, 6.07) is 19.7. The molecule has 26 heavy (non-hydrogen) atoms. The fourth-order valence-electron chi connectivity index (χ4n) is 2.20. The molecule has 132 valence electrons. The zero-order valence-electron chi connectivity index (χ0n) is 13.5. The van der Waals surface area contributed by atoms with Crippen LogP contribution in [0.5, 0.6) is 0 Å². The first-order valence-electron chi connectivity index (χ1n) is 7.67. The molecule has 0 saturated heterocycles. The van der Waals surface area contributed by atoms with Crippen molar-refractivity contribution in [2.75, 3.05) is 16.4 Å². The summed E-state index contributed by atoms with van der Waals surface area (Å²) in [6.45, 7) is 0. The minimum absolute atomic E-state index is 0.300. The van der Waals surface area contributed by atoms with Gasteiger partial charge in [-0.1, -0.05) is 53.2 Å². The lowest BCUT2D eigenvalue weighted by atomic mass is 10.3. The fourth-order valence-corrected chi connectivity index (χ4v) is 3.45. The zero-order valence-corrected chi connectivity index (χ0v) is 15.8. The number of rotatable bonds is 4. The molecule has 4 N–H and O–H groups in total. The minimum atomic E-state index is -0.403. The van der Waals surface area contributed by atoms with E-state index in [1.165, 1.54) is 11.8 Å². The standard InChI is InChI=1S/C19H15Cl2N3OS/c20-14-4-3-6-16(18(14)21)24-19(25)23-15-5-1-2-7-17(15)26-13-10-8-12(22)9-11-13/h1-11H,22H2,(H2,23,24,25). The minimum Gasteiger partial charge on any atom is -0.399 e. The largest absolute Gasteiger partial charge is 0.399 e. The average Bonchev–Trinajstić information content (AvgIpc) is 2.62. The molecule has 0 unspecified atom stereocenters. The summed E-state index contributed by atoms with van der Waals surface area (Å²) in [6.07, 6.45) is 0. The molecule has 0 aliphatic heterocycles. The molecule has 3 rings (SSSR count). The van der Waals surface area contributed by atoms with Gasteiger partial charge in [-0.05, 0) is 48.5 Å². The van der Waals surface area contributed by atoms with Crippen molar-refractivity contribution in [1.82, 2.24) is 0 Å². The summed E-state index contributed by atoms with van der Waals surface area (Å²) in [7, 11) is 0. The number of nitrogens with two attached hydrogens (primary N) is 1. The molecule has 0 fully saturated rings. The number of carbonyl (C=O) groups excluding carboxylic acids is 1. The number of amides is 2. The van der Waals surface area contributed by atoms with Crippen LogP contribution in [0, 0.1) is 0 Å². The maximum absolute atomic E-state index is 12.3. The van der Waals surface area contributed by atoms with Crippen LogP contribution in [-0.4, -0.2) is 6.03 Å². The monoisotopic (exact) mass is 403 g/mol. The van der Waals surface area contributed by atoms with Gasteiger partial charge in [0.05, 0.1) is 21.4 Å². The normalized spacial score (nSPS) is 10.4. The molecule has 0 aromatic heterocycles. The summed E-state index contributed by atoms with van der Waals surface area (Å²) in [4.78, 5) is 14.3. The van der Waals surface area contributed by atoms with E-state index in [2.05, 4.69) is 10.6 Å². The maximum Gasteiger partial charge on any atom is 0.323 e. The Morgan fingerprint density at radius 2 is 1.50 bits per heavy atom. The van der Waals surface area contributed by atoms with Crippen molar-refractivity contribution in [3.05, 3.63) is 76.8 Å². The van der Waals surface area contributed by atoms with E-state index in [0.29, 0.717) is 27.1 Å². The Balaban J connectivity index is 1.74. The van der Waals surface area contributed by atoms with Crippen LogP contribution in [0.25, 0.3) is 0 Å². The van der Waals surface area contributed by atoms with Crippen molar-refractivity contribution < 1.29 is 4.79 Å². The predicted molar refractivity (Wildman–Crippen MR) is 111 cm³/mol. The van der Waals surface area contributed by atoms with E-state index in [1.54, 1.807) is 18.2 Å². The number of anilines is 3. The molecule has 0 heterocycles. The number of hydrogen-bond acceptors (Lipinski definition) is 3. The van der Waals surface area contributed by atoms with Crippen LogP contribution in [0.1, 0.15) is 0 Å². The number of halogens is 2. The molecule has 0 radical (unpaired) electrons. The third kappa shape index (κ3) is 4.64. The third-order valence-electron chi connectivity index (χ3n) is 3.44. The smallest absolute Gasteiger partial charge is 0.323 e. The van der Waals surface area contributed by atoms with Gasteiger partial charge in [-0.2, -0.15) is 0 Å². The van der Waals surface area contributed by atoms with Crippen molar-refractivity contribution >= 4 is 58.1 Å². The molecular formula is C19H15Cl2N3OS. The van der Waals surface area contributed by atoms with Gasteiger partial charge >= 0.3 is 6.03 Å². The molecule has 0 saturated carbocycles. The highest BCUT2D eigenvalue weighted by molar-refractivity contribution is 7.99. The number of carbonyl (C=O) groups is 1. The quantitative estimate of drug-likeness (QED) is 0.443. The van der Waals surface area contributed by atoms with Gasteiger partial charge in [0.25, 0.3) is 0 Å². The van der Waals surface area contributed by atoms with Crippen LogP contribution < -0.4 is 16.4 Å². The summed E-state index contributed by atoms with van der Waals surface area (Å²) in [5.74, 6) is 0. The van der Waals surface area contributed by atoms with E-state index in [-0.39, 0.29) is 0 Å². The average molecular weight is 404 g/mol. The Kier molecular flexibility index (Phi) is 5.93. The molecule has 0 spiro atoms. The lowest BCUT2D eigenvalue weighted by Crippen LogP contribution is -2.20. The van der Waals surface area contributed by atoms with E-state index in [1.807, 2.05) is 48.5 Å². The zero-order chi connectivity index (χ0) is 18.5. The fraction of sp³-hybridized carbons (Fsp3) is 0. The van der Waals surface area contributed by atoms with Crippen LogP contribution in [0.3, 0.4) is 0 Å². The second-order valence-electron chi connectivity index (χ2n) is 5.35. The van der Waals surface area contributed by atoms with Crippen molar-refractivity contribution in [3.63, 3.8) is 0 Å². The first-order valence-corrected chi connectivity index (χ1v) is 9.24. The molecule has 0 atom stereocenters. The van der Waals surface area contributed by atoms with Gasteiger partial charge in [0.15, 0.2) is 0 Å². The molecule has 0 aliphatic rings. The number of nitrogens with one attached hydrogen (secondary N) is 2. The van der Waals surface area contributed by atoms with Crippen molar-refractivity contribution in [2.24, 2.45) is 0 Å². The van der Waals surface area contributed by atoms with Gasteiger partial charge in [0, 0.05) is 15.5 Å². The van der Waals surface area contributed by atoms with Crippen LogP contribution in [0.4, 0.5) is 21.9 Å². The van der Waals surface area contributed by atoms with Gasteiger partial charge in [0.2, 0.25) is 0 Å². The molecule has 3 aromatic rings. The van der Waals surface area contributed by atoms with Gasteiger partial charge in [-0.3, -0.25) is 0 Å². The van der Waals surface area contributed by atoms with Crippen molar-refractivity contribution in [2.45, 2.75) is 9.79 Å². The van der Waals surface area contributed by atoms with E-state index in [4.69, 9.17) is 28.9 Å². The molecule has 7 heteroatoms. The summed E-state index contributed by atoms with van der Waals surface area (Å²) in [5.41, 5.74) is 7.55. The van der Waals surface area contributed by atoms with Crippen LogP contribution in [-0.2, 0) is 0 Å².